The first kappa shape index (κ1) is 17.2. The molecule has 2 aromatic carbocycles. The molecule has 28 heavy (non-hydrogen) atoms. The lowest BCUT2D eigenvalue weighted by atomic mass is 10.1. The Kier molecular flexibility index (Phi) is 4.17. The lowest BCUT2D eigenvalue weighted by molar-refractivity contribution is 0.102. The molecular weight excluding hydrogens is 360 g/mol. The van der Waals surface area contributed by atoms with Crippen molar-refractivity contribution in [3.63, 3.8) is 0 Å². The van der Waals surface area contributed by atoms with Crippen molar-refractivity contribution in [1.82, 2.24) is 25.8 Å². The molecular formula is C18H14N8O2. The maximum atomic E-state index is 12.9. The Morgan fingerprint density at radius 3 is 2.82 bits per heavy atom. The summed E-state index contributed by atoms with van der Waals surface area (Å²) < 4.78 is 5.27. The van der Waals surface area contributed by atoms with E-state index >= 15 is 0 Å². The molecule has 0 bridgehead atoms. The quantitative estimate of drug-likeness (QED) is 0.555. The van der Waals surface area contributed by atoms with Gasteiger partial charge >= 0.3 is 0 Å². The zero-order chi connectivity index (χ0) is 19.7. The van der Waals surface area contributed by atoms with Gasteiger partial charge in [0.1, 0.15) is 0 Å². The van der Waals surface area contributed by atoms with Gasteiger partial charge in [0.2, 0.25) is 5.82 Å². The Balaban J connectivity index is 1.73. The molecule has 0 radical (unpaired) electrons. The summed E-state index contributed by atoms with van der Waals surface area (Å²) in [4.78, 5) is 14.8. The van der Waals surface area contributed by atoms with E-state index in [1.54, 1.807) is 24.3 Å². The molecule has 0 aliphatic rings. The van der Waals surface area contributed by atoms with Gasteiger partial charge in [0, 0.05) is 25.3 Å². The van der Waals surface area contributed by atoms with Crippen molar-refractivity contribution in [2.24, 2.45) is 0 Å². The number of rotatable bonds is 4. The molecule has 0 saturated carbocycles. The van der Waals surface area contributed by atoms with E-state index in [9.17, 15) is 4.79 Å². The van der Waals surface area contributed by atoms with Crippen LogP contribution in [0.4, 0.5) is 11.4 Å². The Labute approximate surface area is 158 Å². The van der Waals surface area contributed by atoms with Gasteiger partial charge < -0.3 is 14.7 Å². The van der Waals surface area contributed by atoms with E-state index in [0.29, 0.717) is 27.8 Å². The van der Waals surface area contributed by atoms with Crippen LogP contribution in [-0.4, -0.2) is 45.8 Å². The molecule has 0 aliphatic heterocycles. The van der Waals surface area contributed by atoms with E-state index in [1.807, 2.05) is 37.2 Å². The highest BCUT2D eigenvalue weighted by atomic mass is 16.5. The van der Waals surface area contributed by atoms with Gasteiger partial charge in [0.05, 0.1) is 22.7 Å². The summed E-state index contributed by atoms with van der Waals surface area (Å²) in [5.41, 5.74) is 2.86. The average Bonchev–Trinajstić information content (AvgIpc) is 3.37. The molecule has 4 rings (SSSR count). The minimum absolute atomic E-state index is 0.155. The van der Waals surface area contributed by atoms with E-state index in [2.05, 4.69) is 31.1 Å². The van der Waals surface area contributed by atoms with Crippen LogP contribution in [0.15, 0.2) is 40.9 Å². The summed E-state index contributed by atoms with van der Waals surface area (Å²) in [6.45, 7) is 0. The van der Waals surface area contributed by atoms with Crippen molar-refractivity contribution in [3.8, 4) is 17.5 Å². The number of carbonyl (C=O) groups excluding carboxylic acids is 1. The van der Waals surface area contributed by atoms with E-state index in [4.69, 9.17) is 9.78 Å². The summed E-state index contributed by atoms with van der Waals surface area (Å²) in [6, 6.07) is 12.3. The Hall–Kier alpha value is -4.26. The van der Waals surface area contributed by atoms with Crippen LogP contribution in [0.25, 0.3) is 22.4 Å². The highest BCUT2D eigenvalue weighted by Crippen LogP contribution is 2.28. The van der Waals surface area contributed by atoms with E-state index < -0.39 is 5.91 Å². The van der Waals surface area contributed by atoms with E-state index in [-0.39, 0.29) is 11.5 Å². The fourth-order valence-corrected chi connectivity index (χ4v) is 2.73. The first-order chi connectivity index (χ1) is 13.6. The summed E-state index contributed by atoms with van der Waals surface area (Å²) in [6.07, 6.45) is 0. The number of hydrogen-bond acceptors (Lipinski definition) is 8. The largest absolute Gasteiger partial charge is 0.378 e. The van der Waals surface area contributed by atoms with E-state index in [1.165, 1.54) is 0 Å². The van der Waals surface area contributed by atoms with Gasteiger partial charge in [0.15, 0.2) is 11.3 Å². The third-order valence-electron chi connectivity index (χ3n) is 4.17. The third kappa shape index (κ3) is 3.01. The fourth-order valence-electron chi connectivity index (χ4n) is 2.73. The van der Waals surface area contributed by atoms with Crippen LogP contribution in [0, 0.1) is 11.3 Å². The van der Waals surface area contributed by atoms with Crippen LogP contribution >= 0.6 is 0 Å². The normalized spacial score (nSPS) is 10.6. The van der Waals surface area contributed by atoms with Crippen molar-refractivity contribution < 1.29 is 9.32 Å². The second kappa shape index (κ2) is 6.81. The molecule has 138 valence electrons. The molecule has 0 fully saturated rings. The Morgan fingerprint density at radius 2 is 2.11 bits per heavy atom. The summed E-state index contributed by atoms with van der Waals surface area (Å²) in [5.74, 6) is -0.198. The number of nitrogens with one attached hydrogen (secondary N) is 2. The standard InChI is InChI=1S/C18H14N8O2/c1-26(2)11-4-6-15-13(8-11)16(23-28-15)18(27)20-14-5-3-10(9-19)7-12(14)17-21-24-25-22-17/h3-8H,1-2H3,(H,20,27)(H,21,22,24,25). The van der Waals surface area contributed by atoms with Crippen LogP contribution in [0.3, 0.4) is 0 Å². The predicted octanol–water partition coefficient (Wildman–Crippen LogP) is 2.20. The van der Waals surface area contributed by atoms with Crippen LogP contribution in [-0.2, 0) is 0 Å². The van der Waals surface area contributed by atoms with Gasteiger partial charge in [-0.25, -0.2) is 0 Å². The topological polar surface area (TPSA) is 137 Å². The number of anilines is 2. The number of H-pyrrole nitrogens is 1. The molecule has 0 aliphatic carbocycles. The molecule has 0 saturated heterocycles. The second-order valence-corrected chi connectivity index (χ2v) is 6.17. The predicted molar refractivity (Wildman–Crippen MR) is 101 cm³/mol. The summed E-state index contributed by atoms with van der Waals surface area (Å²) >= 11 is 0. The minimum Gasteiger partial charge on any atom is -0.378 e. The van der Waals surface area contributed by atoms with Gasteiger partial charge in [-0.1, -0.05) is 5.16 Å². The number of nitriles is 1. The van der Waals surface area contributed by atoms with E-state index in [0.717, 1.165) is 5.69 Å². The number of aromatic nitrogens is 5. The lowest BCUT2D eigenvalue weighted by Gasteiger charge is -2.12. The van der Waals surface area contributed by atoms with Crippen molar-refractivity contribution >= 4 is 28.3 Å². The van der Waals surface area contributed by atoms with Gasteiger partial charge in [-0.2, -0.15) is 10.5 Å². The van der Waals surface area contributed by atoms with Crippen LogP contribution in [0.1, 0.15) is 16.1 Å². The third-order valence-corrected chi connectivity index (χ3v) is 4.17. The zero-order valence-electron chi connectivity index (χ0n) is 15.0. The zero-order valence-corrected chi connectivity index (χ0v) is 15.0. The van der Waals surface area contributed by atoms with Crippen LogP contribution in [0.2, 0.25) is 0 Å². The number of amides is 1. The smallest absolute Gasteiger partial charge is 0.278 e. The van der Waals surface area contributed by atoms with Crippen molar-refractivity contribution in [2.75, 3.05) is 24.3 Å². The maximum absolute atomic E-state index is 12.9. The monoisotopic (exact) mass is 374 g/mol. The molecule has 10 heteroatoms. The molecule has 0 atom stereocenters. The van der Waals surface area contributed by atoms with Crippen molar-refractivity contribution in [3.05, 3.63) is 47.7 Å². The molecule has 2 N–H and O–H groups in total. The SMILES string of the molecule is CN(C)c1ccc2onc(C(=O)Nc3ccc(C#N)cc3-c3nn[nH]n3)c2c1. The first-order valence-electron chi connectivity index (χ1n) is 8.23. The number of tetrazole rings is 1. The Morgan fingerprint density at radius 1 is 1.25 bits per heavy atom. The fraction of sp³-hybridized carbons (Fsp3) is 0.111. The first-order valence-corrected chi connectivity index (χ1v) is 8.23. The molecule has 2 heterocycles. The van der Waals surface area contributed by atoms with Crippen LogP contribution < -0.4 is 10.2 Å². The molecule has 1 amide bonds. The minimum atomic E-state index is -0.455. The molecule has 0 unspecified atom stereocenters. The molecule has 4 aromatic rings. The van der Waals surface area contributed by atoms with Crippen molar-refractivity contribution in [2.45, 2.75) is 0 Å². The summed E-state index contributed by atoms with van der Waals surface area (Å²) in [7, 11) is 3.81. The molecule has 2 aromatic heterocycles. The summed E-state index contributed by atoms with van der Waals surface area (Å²) in [5, 5.41) is 30.2. The highest BCUT2D eigenvalue weighted by Gasteiger charge is 2.20. The Bertz CT molecular complexity index is 1200. The number of fused-ring (bicyclic) bond motifs is 1. The number of aromatic amines is 1. The number of carbonyl (C=O) groups is 1. The number of hydrogen-bond donors (Lipinski definition) is 2. The second-order valence-electron chi connectivity index (χ2n) is 6.17. The molecule has 0 spiro atoms. The van der Waals surface area contributed by atoms with Crippen molar-refractivity contribution in [1.29, 1.82) is 5.26 Å². The lowest BCUT2D eigenvalue weighted by Crippen LogP contribution is -2.14. The number of nitrogens with zero attached hydrogens (tertiary/aromatic N) is 6. The highest BCUT2D eigenvalue weighted by molar-refractivity contribution is 6.12. The van der Waals surface area contributed by atoms with Gasteiger partial charge in [-0.3, -0.25) is 4.79 Å². The number of benzene rings is 2. The van der Waals surface area contributed by atoms with Gasteiger partial charge in [0.25, 0.3) is 5.91 Å². The van der Waals surface area contributed by atoms with Gasteiger partial charge in [-0.05, 0) is 41.6 Å². The van der Waals surface area contributed by atoms with Gasteiger partial charge in [-0.15, -0.1) is 10.2 Å². The maximum Gasteiger partial charge on any atom is 0.278 e. The average molecular weight is 374 g/mol. The van der Waals surface area contributed by atoms with Crippen LogP contribution in [0.5, 0.6) is 0 Å². The molecule has 10 nitrogen and oxygen atoms in total.